The van der Waals surface area contributed by atoms with E-state index in [0.29, 0.717) is 16.5 Å². The summed E-state index contributed by atoms with van der Waals surface area (Å²) < 4.78 is 16.3. The number of aliphatic hydroxyl groups excluding tert-OH is 4. The Kier molecular flexibility index (Phi) is 7.40. The van der Waals surface area contributed by atoms with Crippen LogP contribution in [-0.4, -0.2) is 57.7 Å². The van der Waals surface area contributed by atoms with E-state index in [1.165, 1.54) is 24.3 Å². The molecule has 10 heteroatoms. The van der Waals surface area contributed by atoms with Crippen molar-refractivity contribution in [3.05, 3.63) is 58.8 Å². The third kappa shape index (κ3) is 4.64. The van der Waals surface area contributed by atoms with Crippen LogP contribution in [0.2, 0.25) is 0 Å². The Hall–Kier alpha value is -1.95. The van der Waals surface area contributed by atoms with Gasteiger partial charge < -0.3 is 39.4 Å². The van der Waals surface area contributed by atoms with E-state index in [1.807, 2.05) is 0 Å². The Balaban J connectivity index is 0.00000272. The van der Waals surface area contributed by atoms with Crippen molar-refractivity contribution in [3.63, 3.8) is 0 Å². The first-order chi connectivity index (χ1) is 14.4. The summed E-state index contributed by atoms with van der Waals surface area (Å²) in [6, 6.07) is 12.0. The third-order valence-corrected chi connectivity index (χ3v) is 4.95. The fraction of sp³-hybridized carbons (Fsp3) is 0.286. The minimum absolute atomic E-state index is 0. The molecule has 1 aliphatic rings. The molecule has 4 rings (SSSR count). The molecule has 0 unspecified atom stereocenters. The molecule has 1 fully saturated rings. The first-order valence-electron chi connectivity index (χ1n) is 9.20. The van der Waals surface area contributed by atoms with Crippen molar-refractivity contribution >= 4 is 11.0 Å². The van der Waals surface area contributed by atoms with E-state index in [2.05, 4.69) is 0 Å². The third-order valence-electron chi connectivity index (χ3n) is 4.95. The molecule has 0 bridgehead atoms. The molecular weight excluding hydrogens is 419 g/mol. The molecule has 158 valence electrons. The van der Waals surface area contributed by atoms with E-state index in [-0.39, 0.29) is 46.5 Å². The van der Waals surface area contributed by atoms with Gasteiger partial charge in [-0.15, -0.1) is 0 Å². The zero-order chi connectivity index (χ0) is 21.4. The van der Waals surface area contributed by atoms with Gasteiger partial charge in [0.2, 0.25) is 6.29 Å². The van der Waals surface area contributed by atoms with Crippen LogP contribution in [0.1, 0.15) is 0 Å². The quantitative estimate of drug-likeness (QED) is 0.307. The van der Waals surface area contributed by atoms with Crippen molar-refractivity contribution in [2.75, 3.05) is 6.61 Å². The second-order valence-electron chi connectivity index (χ2n) is 6.95. The van der Waals surface area contributed by atoms with E-state index in [9.17, 15) is 30.3 Å². The van der Waals surface area contributed by atoms with E-state index in [1.54, 1.807) is 24.3 Å². The molecule has 0 spiro atoms. The van der Waals surface area contributed by atoms with Gasteiger partial charge >= 0.3 is 29.6 Å². The monoisotopic (exact) mass is 438 g/mol. The zero-order valence-electron chi connectivity index (χ0n) is 16.5. The first kappa shape index (κ1) is 23.7. The van der Waals surface area contributed by atoms with Crippen LogP contribution >= 0.6 is 0 Å². The van der Waals surface area contributed by atoms with Gasteiger partial charge in [0.25, 0.3) is 0 Å². The molecule has 2 heterocycles. The van der Waals surface area contributed by atoms with Crippen molar-refractivity contribution in [1.29, 1.82) is 0 Å². The maximum Gasteiger partial charge on any atom is 1.00 e. The van der Waals surface area contributed by atoms with Crippen molar-refractivity contribution in [3.8, 4) is 22.8 Å². The van der Waals surface area contributed by atoms with Gasteiger partial charge in [-0.25, -0.2) is 0 Å². The summed E-state index contributed by atoms with van der Waals surface area (Å²) >= 11 is 0. The summed E-state index contributed by atoms with van der Waals surface area (Å²) in [6.45, 7) is -0.616. The smallest absolute Gasteiger partial charge is 0.870 e. The largest absolute Gasteiger partial charge is 1.00 e. The Morgan fingerprint density at radius 2 is 1.74 bits per heavy atom. The van der Waals surface area contributed by atoms with Crippen LogP contribution in [0.5, 0.6) is 11.5 Å². The molecule has 4 N–H and O–H groups in total. The van der Waals surface area contributed by atoms with Gasteiger partial charge in [-0.1, -0.05) is 23.9 Å². The molecule has 1 saturated heterocycles. The minimum atomic E-state index is -1.64. The fourth-order valence-corrected chi connectivity index (χ4v) is 3.29. The van der Waals surface area contributed by atoms with Crippen LogP contribution in [0.3, 0.4) is 0 Å². The Morgan fingerprint density at radius 3 is 2.45 bits per heavy atom. The summed E-state index contributed by atoms with van der Waals surface area (Å²) in [5.41, 5.74) is 0.485. The summed E-state index contributed by atoms with van der Waals surface area (Å²) in [7, 11) is 0. The van der Waals surface area contributed by atoms with Gasteiger partial charge in [0.15, 0.2) is 5.43 Å². The predicted molar refractivity (Wildman–Crippen MR) is 102 cm³/mol. The van der Waals surface area contributed by atoms with Crippen LogP contribution in [0.15, 0.2) is 57.7 Å². The van der Waals surface area contributed by atoms with E-state index in [0.717, 1.165) is 0 Å². The average molecular weight is 438 g/mol. The molecule has 1 aliphatic heterocycles. The Bertz CT molecular complexity index is 1110. The Labute approximate surface area is 198 Å². The number of hydrogen-bond donors (Lipinski definition) is 4. The second kappa shape index (κ2) is 9.68. The van der Waals surface area contributed by atoms with Gasteiger partial charge in [-0.2, -0.15) is 0 Å². The fourth-order valence-electron chi connectivity index (χ4n) is 3.29. The summed E-state index contributed by atoms with van der Waals surface area (Å²) in [5.74, 6) is -0.568. The number of fused-ring (bicyclic) bond motifs is 1. The van der Waals surface area contributed by atoms with Gasteiger partial charge in [0.05, 0.1) is 12.0 Å². The van der Waals surface area contributed by atoms with Crippen molar-refractivity contribution in [2.24, 2.45) is 0 Å². The molecule has 1 aromatic heterocycles. The van der Waals surface area contributed by atoms with Crippen molar-refractivity contribution in [1.82, 2.24) is 0 Å². The van der Waals surface area contributed by atoms with Gasteiger partial charge in [-0.05, 0) is 24.3 Å². The number of benzene rings is 2. The molecular formula is C21H19NaO9. The predicted octanol–water partition coefficient (Wildman–Crippen LogP) is -3.28. The van der Waals surface area contributed by atoms with Gasteiger partial charge in [0, 0.05) is 11.6 Å². The molecule has 0 amide bonds. The number of rotatable bonds is 4. The number of hydrogen-bond acceptors (Lipinski definition) is 9. The number of para-hydroxylation sites is 1. The maximum atomic E-state index is 12.5. The molecule has 5 atom stereocenters. The van der Waals surface area contributed by atoms with E-state index >= 15 is 0 Å². The molecule has 0 saturated carbocycles. The number of ether oxygens (including phenoxy) is 2. The summed E-state index contributed by atoms with van der Waals surface area (Å²) in [4.78, 5) is 12.3. The Morgan fingerprint density at radius 1 is 1.00 bits per heavy atom. The number of aliphatic hydroxyl groups is 4. The zero-order valence-corrected chi connectivity index (χ0v) is 18.5. The van der Waals surface area contributed by atoms with Gasteiger partial charge in [-0.3, -0.25) is 4.79 Å². The van der Waals surface area contributed by atoms with Crippen LogP contribution in [0.25, 0.3) is 22.3 Å². The van der Waals surface area contributed by atoms with Gasteiger partial charge in [0.1, 0.15) is 41.5 Å². The molecule has 0 radical (unpaired) electrons. The SMILES string of the molecule is O=c1cc(-c2ccc(O[C@@H]3O[C@H](CO)[C@@H](O)[C@H](O)[C@H]3O)c([O-])c2)oc2ccccc12.[Na+]. The second-order valence-corrected chi connectivity index (χ2v) is 6.95. The normalized spacial score (nSPS) is 25.7. The van der Waals surface area contributed by atoms with Crippen molar-refractivity contribution < 1.29 is 69.0 Å². The molecule has 2 aromatic carbocycles. The first-order valence-corrected chi connectivity index (χ1v) is 9.20. The topological polar surface area (TPSA) is 153 Å². The van der Waals surface area contributed by atoms with E-state index in [4.69, 9.17) is 13.9 Å². The van der Waals surface area contributed by atoms with Crippen LogP contribution in [0, 0.1) is 0 Å². The van der Waals surface area contributed by atoms with Crippen LogP contribution in [-0.2, 0) is 4.74 Å². The van der Waals surface area contributed by atoms with Crippen LogP contribution in [0.4, 0.5) is 0 Å². The molecule has 9 nitrogen and oxygen atoms in total. The standard InChI is InChI=1S/C21H20O9.Na/c22-9-17-18(25)19(26)20(27)21(30-17)29-15-6-5-10(7-13(15)24)16-8-12(23)11-3-1-2-4-14(11)28-16;/h1-8,17-22,24-27H,9H2;/q;+1/p-1/t17-,18-,19+,20-,21-;/m1./s1. The average Bonchev–Trinajstić information content (AvgIpc) is 2.75. The summed E-state index contributed by atoms with van der Waals surface area (Å²) in [5, 5.41) is 51.8. The molecule has 31 heavy (non-hydrogen) atoms. The summed E-state index contributed by atoms with van der Waals surface area (Å²) in [6.07, 6.45) is -7.43. The minimum Gasteiger partial charge on any atom is -0.870 e. The van der Waals surface area contributed by atoms with Crippen molar-refractivity contribution in [2.45, 2.75) is 30.7 Å². The molecule has 3 aromatic rings. The maximum absolute atomic E-state index is 12.5. The molecule has 0 aliphatic carbocycles. The van der Waals surface area contributed by atoms with E-state index < -0.39 is 43.1 Å². The van der Waals surface area contributed by atoms with Crippen LogP contribution < -0.4 is 44.8 Å².